The number of thiophene rings is 1. The van der Waals surface area contributed by atoms with Crippen molar-refractivity contribution in [2.75, 3.05) is 39.4 Å². The maximum absolute atomic E-state index is 12.6. The fourth-order valence-electron chi connectivity index (χ4n) is 3.33. The first kappa shape index (κ1) is 15.3. The van der Waals surface area contributed by atoms with Crippen LogP contribution in [0, 0.1) is 5.92 Å². The van der Waals surface area contributed by atoms with E-state index in [9.17, 15) is 4.79 Å². The molecule has 0 radical (unpaired) electrons. The van der Waals surface area contributed by atoms with Crippen LogP contribution in [-0.4, -0.2) is 61.1 Å². The smallest absolute Gasteiger partial charge is 0.264 e. The van der Waals surface area contributed by atoms with Gasteiger partial charge in [0.2, 0.25) is 0 Å². The van der Waals surface area contributed by atoms with Gasteiger partial charge in [0.25, 0.3) is 5.91 Å². The Bertz CT molecular complexity index is 502. The van der Waals surface area contributed by atoms with Gasteiger partial charge in [-0.15, -0.1) is 11.3 Å². The van der Waals surface area contributed by atoms with Crippen LogP contribution in [0.2, 0.25) is 4.34 Å². The van der Waals surface area contributed by atoms with Crippen molar-refractivity contribution in [2.24, 2.45) is 5.92 Å². The van der Waals surface area contributed by atoms with Crippen molar-refractivity contribution in [3.05, 3.63) is 21.3 Å². The number of morpholine rings is 1. The van der Waals surface area contributed by atoms with Crippen LogP contribution in [0.25, 0.3) is 0 Å². The van der Waals surface area contributed by atoms with Crippen LogP contribution in [0.5, 0.6) is 0 Å². The van der Waals surface area contributed by atoms with E-state index >= 15 is 0 Å². The second-order valence-electron chi connectivity index (χ2n) is 5.70. The summed E-state index contributed by atoms with van der Waals surface area (Å²) in [6.45, 7) is 7.47. The molecule has 0 saturated carbocycles. The fourth-order valence-corrected chi connectivity index (χ4v) is 4.34. The summed E-state index contributed by atoms with van der Waals surface area (Å²) in [5, 5.41) is 0. The Hall–Kier alpha value is -0.620. The summed E-state index contributed by atoms with van der Waals surface area (Å²) in [5.41, 5.74) is 0. The van der Waals surface area contributed by atoms with E-state index in [0.29, 0.717) is 16.3 Å². The molecule has 1 amide bonds. The zero-order chi connectivity index (χ0) is 14.8. The minimum Gasteiger partial charge on any atom is -0.379 e. The van der Waals surface area contributed by atoms with Crippen LogP contribution >= 0.6 is 22.9 Å². The highest BCUT2D eigenvalue weighted by atomic mass is 35.5. The molecule has 4 nitrogen and oxygen atoms in total. The molecule has 1 aromatic rings. The third kappa shape index (κ3) is 3.26. The van der Waals surface area contributed by atoms with Crippen molar-refractivity contribution in [1.82, 2.24) is 9.80 Å². The van der Waals surface area contributed by atoms with Crippen LogP contribution in [0.3, 0.4) is 0 Å². The van der Waals surface area contributed by atoms with E-state index in [0.717, 1.165) is 50.7 Å². The summed E-state index contributed by atoms with van der Waals surface area (Å²) < 4.78 is 6.11. The predicted octanol–water partition coefficient (Wildman–Crippen LogP) is 2.58. The van der Waals surface area contributed by atoms with E-state index in [-0.39, 0.29) is 5.91 Å². The Morgan fingerprint density at radius 3 is 2.76 bits per heavy atom. The monoisotopic (exact) mass is 328 g/mol. The van der Waals surface area contributed by atoms with E-state index < -0.39 is 0 Å². The zero-order valence-electron chi connectivity index (χ0n) is 12.3. The summed E-state index contributed by atoms with van der Waals surface area (Å²) in [4.78, 5) is 17.8. The van der Waals surface area contributed by atoms with Crippen molar-refractivity contribution in [3.63, 3.8) is 0 Å². The second-order valence-corrected chi connectivity index (χ2v) is 7.41. The van der Waals surface area contributed by atoms with Crippen LogP contribution in [0.15, 0.2) is 12.1 Å². The number of ether oxygens (including phenoxy) is 1. The quantitative estimate of drug-likeness (QED) is 0.855. The van der Waals surface area contributed by atoms with Crippen LogP contribution in [-0.2, 0) is 4.74 Å². The molecule has 0 unspecified atom stereocenters. The molecule has 116 valence electrons. The van der Waals surface area contributed by atoms with Gasteiger partial charge in [0.15, 0.2) is 0 Å². The number of hydrogen-bond donors (Lipinski definition) is 0. The molecule has 2 aliphatic heterocycles. The number of likely N-dealkylation sites (tertiary alicyclic amines) is 1. The van der Waals surface area contributed by atoms with E-state index in [4.69, 9.17) is 16.3 Å². The number of amides is 1. The maximum atomic E-state index is 12.6. The first-order valence-electron chi connectivity index (χ1n) is 7.55. The van der Waals surface area contributed by atoms with Crippen LogP contribution < -0.4 is 0 Å². The largest absolute Gasteiger partial charge is 0.379 e. The molecule has 2 fully saturated rings. The predicted molar refractivity (Wildman–Crippen MR) is 85.2 cm³/mol. The second kappa shape index (κ2) is 6.65. The van der Waals surface area contributed by atoms with Crippen LogP contribution in [0.4, 0.5) is 0 Å². The molecular formula is C15H21ClN2O2S. The summed E-state index contributed by atoms with van der Waals surface area (Å²) in [6, 6.07) is 4.10. The van der Waals surface area contributed by atoms with E-state index in [1.165, 1.54) is 11.3 Å². The van der Waals surface area contributed by atoms with Crippen molar-refractivity contribution >= 4 is 28.8 Å². The average Bonchev–Trinajstić information content (AvgIpc) is 3.13. The fraction of sp³-hybridized carbons (Fsp3) is 0.667. The lowest BCUT2D eigenvalue weighted by atomic mass is 9.99. The van der Waals surface area contributed by atoms with Crippen molar-refractivity contribution in [3.8, 4) is 0 Å². The lowest BCUT2D eigenvalue weighted by Crippen LogP contribution is -2.47. The Kier molecular flexibility index (Phi) is 4.84. The first-order chi connectivity index (χ1) is 10.2. The van der Waals surface area contributed by atoms with Gasteiger partial charge in [-0.3, -0.25) is 9.69 Å². The zero-order valence-corrected chi connectivity index (χ0v) is 13.8. The summed E-state index contributed by atoms with van der Waals surface area (Å²) in [6.07, 6.45) is 1.11. The van der Waals surface area contributed by atoms with Gasteiger partial charge in [0.05, 0.1) is 22.4 Å². The summed E-state index contributed by atoms with van der Waals surface area (Å²) >= 11 is 7.31. The number of halogens is 1. The minimum atomic E-state index is 0.126. The standard InChI is InChI=1S/C15H21ClN2O2S/c1-2-11-9-18(15(19)13-3-4-14(16)21-13)10-12(11)17-5-7-20-8-6-17/h3-4,11-12H,2,5-10H2,1H3/t11-,12+/m0/s1. The molecule has 2 atom stereocenters. The van der Waals surface area contributed by atoms with Crippen molar-refractivity contribution in [1.29, 1.82) is 0 Å². The molecule has 1 aromatic heterocycles. The normalized spacial score (nSPS) is 27.2. The lowest BCUT2D eigenvalue weighted by molar-refractivity contribution is 0.0103. The molecule has 3 heterocycles. The molecule has 0 bridgehead atoms. The highest BCUT2D eigenvalue weighted by Gasteiger charge is 2.38. The van der Waals surface area contributed by atoms with E-state index in [1.54, 1.807) is 6.07 Å². The van der Waals surface area contributed by atoms with Gasteiger partial charge in [-0.05, 0) is 18.1 Å². The van der Waals surface area contributed by atoms with Crippen LogP contribution in [0.1, 0.15) is 23.0 Å². The lowest BCUT2D eigenvalue weighted by Gasteiger charge is -2.34. The molecule has 0 aliphatic carbocycles. The maximum Gasteiger partial charge on any atom is 0.264 e. The Balaban J connectivity index is 1.69. The highest BCUT2D eigenvalue weighted by molar-refractivity contribution is 7.17. The summed E-state index contributed by atoms with van der Waals surface area (Å²) in [7, 11) is 0. The number of carbonyl (C=O) groups excluding carboxylic acids is 1. The molecule has 0 spiro atoms. The molecule has 6 heteroatoms. The number of nitrogens with zero attached hydrogens (tertiary/aromatic N) is 2. The van der Waals surface area contributed by atoms with Gasteiger partial charge in [-0.2, -0.15) is 0 Å². The van der Waals surface area contributed by atoms with Gasteiger partial charge in [-0.1, -0.05) is 24.9 Å². The average molecular weight is 329 g/mol. The molecule has 2 saturated heterocycles. The van der Waals surface area contributed by atoms with Crippen molar-refractivity contribution < 1.29 is 9.53 Å². The van der Waals surface area contributed by atoms with E-state index in [2.05, 4.69) is 11.8 Å². The number of hydrogen-bond acceptors (Lipinski definition) is 4. The van der Waals surface area contributed by atoms with Gasteiger partial charge in [-0.25, -0.2) is 0 Å². The molecule has 21 heavy (non-hydrogen) atoms. The third-order valence-electron chi connectivity index (χ3n) is 4.52. The molecule has 3 rings (SSSR count). The first-order valence-corrected chi connectivity index (χ1v) is 8.75. The Morgan fingerprint density at radius 1 is 1.38 bits per heavy atom. The Morgan fingerprint density at radius 2 is 2.14 bits per heavy atom. The molecule has 2 aliphatic rings. The number of rotatable bonds is 3. The third-order valence-corrected chi connectivity index (χ3v) is 5.74. The number of carbonyl (C=O) groups is 1. The van der Waals surface area contributed by atoms with Gasteiger partial charge in [0, 0.05) is 32.2 Å². The molecule has 0 N–H and O–H groups in total. The summed E-state index contributed by atoms with van der Waals surface area (Å²) in [5.74, 6) is 0.684. The highest BCUT2D eigenvalue weighted by Crippen LogP contribution is 2.29. The topological polar surface area (TPSA) is 32.8 Å². The van der Waals surface area contributed by atoms with Gasteiger partial charge < -0.3 is 9.64 Å². The van der Waals surface area contributed by atoms with Gasteiger partial charge in [0.1, 0.15) is 0 Å². The van der Waals surface area contributed by atoms with Gasteiger partial charge >= 0.3 is 0 Å². The minimum absolute atomic E-state index is 0.126. The van der Waals surface area contributed by atoms with Crippen molar-refractivity contribution in [2.45, 2.75) is 19.4 Å². The van der Waals surface area contributed by atoms with E-state index in [1.807, 2.05) is 11.0 Å². The molecular weight excluding hydrogens is 308 g/mol. The SMILES string of the molecule is CC[C@H]1CN(C(=O)c2ccc(Cl)s2)C[C@H]1N1CCOCC1. The molecule has 0 aromatic carbocycles. The Labute approximate surface area is 134 Å².